The lowest BCUT2D eigenvalue weighted by Gasteiger charge is -2.33. The lowest BCUT2D eigenvalue weighted by molar-refractivity contribution is -0.139. The van der Waals surface area contributed by atoms with E-state index in [0.717, 1.165) is 39.9 Å². The molecular weight excluding hydrogens is 488 g/mol. The summed E-state index contributed by atoms with van der Waals surface area (Å²) < 4.78 is 28.3. The van der Waals surface area contributed by atoms with Crippen molar-refractivity contribution in [2.75, 3.05) is 24.9 Å². The average molecular weight is 521 g/mol. The van der Waals surface area contributed by atoms with Crippen LogP contribution in [0, 0.1) is 0 Å². The highest BCUT2D eigenvalue weighted by molar-refractivity contribution is 7.90. The van der Waals surface area contributed by atoms with Gasteiger partial charge in [-0.1, -0.05) is 54.8 Å². The molecule has 1 unspecified atom stereocenters. The maximum atomic E-state index is 13.6. The molecule has 2 aromatic rings. The average Bonchev–Trinajstić information content (AvgIpc) is 3.35. The van der Waals surface area contributed by atoms with Crippen LogP contribution < -0.4 is 9.62 Å². The van der Waals surface area contributed by atoms with Crippen LogP contribution in [-0.2, 0) is 26.3 Å². The third-order valence-electron chi connectivity index (χ3n) is 6.20. The fraction of sp³-hybridized carbons (Fsp3) is 0.440. The Hall–Kier alpha value is -2.62. The largest absolute Gasteiger partial charge is 0.352 e. The van der Waals surface area contributed by atoms with Gasteiger partial charge >= 0.3 is 10.2 Å². The van der Waals surface area contributed by atoms with Gasteiger partial charge in [0.1, 0.15) is 12.6 Å². The standard InChI is InChI=1S/C25H33ClN4O4S/c1-19(25(32)27-22-9-7-8-10-22)29(17-20-13-15-21(26)16-14-20)24(31)18-30(35(33,34)28(2)3)23-11-5-4-6-12-23/h4-6,11-16,19,22H,7-10,17-18H2,1-3H3,(H,27,32). The molecule has 0 heterocycles. The molecule has 8 nitrogen and oxygen atoms in total. The summed E-state index contributed by atoms with van der Waals surface area (Å²) in [5.41, 5.74) is 1.15. The zero-order valence-corrected chi connectivity index (χ0v) is 21.9. The molecule has 1 fully saturated rings. The van der Waals surface area contributed by atoms with Gasteiger partial charge in [0.25, 0.3) is 0 Å². The van der Waals surface area contributed by atoms with E-state index in [-0.39, 0.29) is 18.5 Å². The number of benzene rings is 2. The maximum Gasteiger partial charge on any atom is 0.304 e. The van der Waals surface area contributed by atoms with Crippen molar-refractivity contribution in [2.24, 2.45) is 0 Å². The van der Waals surface area contributed by atoms with Crippen LogP contribution in [0.2, 0.25) is 5.02 Å². The van der Waals surface area contributed by atoms with E-state index in [1.54, 1.807) is 61.5 Å². The van der Waals surface area contributed by atoms with E-state index in [2.05, 4.69) is 5.32 Å². The number of amides is 2. The molecule has 2 aromatic carbocycles. The van der Waals surface area contributed by atoms with E-state index >= 15 is 0 Å². The van der Waals surface area contributed by atoms with Crippen molar-refractivity contribution < 1.29 is 18.0 Å². The van der Waals surface area contributed by atoms with Gasteiger partial charge in [0, 0.05) is 31.7 Å². The molecule has 0 saturated heterocycles. The number of nitrogens with zero attached hydrogens (tertiary/aromatic N) is 3. The van der Waals surface area contributed by atoms with Crippen LogP contribution in [0.5, 0.6) is 0 Å². The molecule has 1 N–H and O–H groups in total. The van der Waals surface area contributed by atoms with E-state index in [1.165, 1.54) is 19.0 Å². The van der Waals surface area contributed by atoms with Crippen molar-refractivity contribution in [1.82, 2.24) is 14.5 Å². The molecular formula is C25H33ClN4O4S. The number of carbonyl (C=O) groups is 2. The molecule has 35 heavy (non-hydrogen) atoms. The monoisotopic (exact) mass is 520 g/mol. The Kier molecular flexibility index (Phi) is 9.15. The smallest absolute Gasteiger partial charge is 0.304 e. The molecule has 1 atom stereocenters. The van der Waals surface area contributed by atoms with E-state index in [4.69, 9.17) is 11.6 Å². The van der Waals surface area contributed by atoms with Gasteiger partial charge in [-0.05, 0) is 49.6 Å². The molecule has 10 heteroatoms. The first-order valence-corrected chi connectivity index (χ1v) is 13.5. The number of hydrogen-bond donors (Lipinski definition) is 1. The van der Waals surface area contributed by atoms with Crippen molar-refractivity contribution in [2.45, 2.75) is 51.2 Å². The number of hydrogen-bond acceptors (Lipinski definition) is 4. The SMILES string of the molecule is CC(C(=O)NC1CCCC1)N(Cc1ccc(Cl)cc1)C(=O)CN(c1ccccc1)S(=O)(=O)N(C)C. The Balaban J connectivity index is 1.89. The van der Waals surface area contributed by atoms with Crippen molar-refractivity contribution in [3.05, 3.63) is 65.2 Å². The van der Waals surface area contributed by atoms with E-state index < -0.39 is 28.7 Å². The number of para-hydroxylation sites is 1. The second kappa shape index (κ2) is 11.9. The lowest BCUT2D eigenvalue weighted by Crippen LogP contribution is -2.53. The van der Waals surface area contributed by atoms with Crippen LogP contribution in [-0.4, -0.2) is 62.2 Å². The summed E-state index contributed by atoms with van der Waals surface area (Å²) in [6.45, 7) is 1.37. The molecule has 0 radical (unpaired) electrons. The fourth-order valence-corrected chi connectivity index (χ4v) is 5.25. The lowest BCUT2D eigenvalue weighted by atomic mass is 10.1. The first kappa shape index (κ1) is 27.0. The van der Waals surface area contributed by atoms with Crippen LogP contribution in [0.3, 0.4) is 0 Å². The Morgan fingerprint density at radius 2 is 1.63 bits per heavy atom. The van der Waals surface area contributed by atoms with Gasteiger partial charge in [0.05, 0.1) is 5.69 Å². The molecule has 2 amide bonds. The molecule has 0 aromatic heterocycles. The van der Waals surface area contributed by atoms with Gasteiger partial charge in [0.15, 0.2) is 0 Å². The second-order valence-electron chi connectivity index (χ2n) is 8.95. The van der Waals surface area contributed by atoms with Crippen molar-refractivity contribution in [1.29, 1.82) is 0 Å². The zero-order chi connectivity index (χ0) is 25.6. The predicted octanol–water partition coefficient (Wildman–Crippen LogP) is 3.43. The van der Waals surface area contributed by atoms with Crippen molar-refractivity contribution >= 4 is 39.3 Å². The summed E-state index contributed by atoms with van der Waals surface area (Å²) in [7, 11) is -1.13. The molecule has 0 bridgehead atoms. The molecule has 3 rings (SSSR count). The van der Waals surface area contributed by atoms with E-state index in [1.807, 2.05) is 0 Å². The van der Waals surface area contributed by atoms with Gasteiger partial charge in [0.2, 0.25) is 11.8 Å². The van der Waals surface area contributed by atoms with E-state index in [0.29, 0.717) is 10.7 Å². The van der Waals surface area contributed by atoms with Crippen molar-refractivity contribution in [3.8, 4) is 0 Å². The highest BCUT2D eigenvalue weighted by Gasteiger charge is 2.33. The Morgan fingerprint density at radius 1 is 1.03 bits per heavy atom. The fourth-order valence-electron chi connectivity index (χ4n) is 4.07. The zero-order valence-electron chi connectivity index (χ0n) is 20.4. The minimum absolute atomic E-state index is 0.104. The summed E-state index contributed by atoms with van der Waals surface area (Å²) in [6.07, 6.45) is 3.99. The normalized spacial score (nSPS) is 15.1. The highest BCUT2D eigenvalue weighted by atomic mass is 35.5. The molecule has 1 aliphatic rings. The van der Waals surface area contributed by atoms with Crippen LogP contribution in [0.4, 0.5) is 5.69 Å². The molecule has 0 aliphatic heterocycles. The van der Waals surface area contributed by atoms with Crippen LogP contribution >= 0.6 is 11.6 Å². The first-order valence-electron chi connectivity index (χ1n) is 11.7. The molecule has 190 valence electrons. The van der Waals surface area contributed by atoms with Gasteiger partial charge in [-0.25, -0.2) is 4.31 Å². The van der Waals surface area contributed by atoms with Gasteiger partial charge in [-0.3, -0.25) is 9.59 Å². The van der Waals surface area contributed by atoms with Gasteiger partial charge in [-0.15, -0.1) is 0 Å². The summed E-state index contributed by atoms with van der Waals surface area (Å²) >= 11 is 6.01. The summed E-state index contributed by atoms with van der Waals surface area (Å²) in [5, 5.41) is 3.61. The maximum absolute atomic E-state index is 13.6. The Labute approximate surface area is 213 Å². The number of carbonyl (C=O) groups excluding carboxylic acids is 2. The first-order chi connectivity index (χ1) is 16.6. The predicted molar refractivity (Wildman–Crippen MR) is 138 cm³/mol. The highest BCUT2D eigenvalue weighted by Crippen LogP contribution is 2.22. The quantitative estimate of drug-likeness (QED) is 0.519. The minimum atomic E-state index is -3.96. The minimum Gasteiger partial charge on any atom is -0.352 e. The number of rotatable bonds is 10. The summed E-state index contributed by atoms with van der Waals surface area (Å²) in [5.74, 6) is -0.732. The number of halogens is 1. The second-order valence-corrected chi connectivity index (χ2v) is 11.4. The van der Waals surface area contributed by atoms with E-state index in [9.17, 15) is 18.0 Å². The van der Waals surface area contributed by atoms with Crippen LogP contribution in [0.15, 0.2) is 54.6 Å². The topological polar surface area (TPSA) is 90.0 Å². The number of nitrogens with one attached hydrogen (secondary N) is 1. The van der Waals surface area contributed by atoms with Crippen molar-refractivity contribution in [3.63, 3.8) is 0 Å². The Bertz CT molecular complexity index is 1100. The molecule has 1 aliphatic carbocycles. The van der Waals surface area contributed by atoms with Crippen LogP contribution in [0.1, 0.15) is 38.2 Å². The third-order valence-corrected chi connectivity index (χ3v) is 8.27. The molecule has 1 saturated carbocycles. The Morgan fingerprint density at radius 3 is 2.20 bits per heavy atom. The molecule has 0 spiro atoms. The summed E-state index contributed by atoms with van der Waals surface area (Å²) in [6, 6.07) is 14.8. The third kappa shape index (κ3) is 6.96. The summed E-state index contributed by atoms with van der Waals surface area (Å²) in [4.78, 5) is 28.2. The van der Waals surface area contributed by atoms with Gasteiger partial charge in [-0.2, -0.15) is 12.7 Å². The van der Waals surface area contributed by atoms with Crippen LogP contribution in [0.25, 0.3) is 0 Å². The van der Waals surface area contributed by atoms with Gasteiger partial charge < -0.3 is 10.2 Å². The number of anilines is 1.